The predicted molar refractivity (Wildman–Crippen MR) is 85.7 cm³/mol. The number of nitrogens with two attached hydrogens (primary N) is 1. The molecule has 1 aromatic carbocycles. The van der Waals surface area contributed by atoms with Gasteiger partial charge in [0.2, 0.25) is 5.91 Å². The van der Waals surface area contributed by atoms with Crippen LogP contribution in [0.25, 0.3) is 6.08 Å². The Hall–Kier alpha value is -1.39. The number of nitrogens with zero attached hydrogens (tertiary/aromatic N) is 1. The van der Waals surface area contributed by atoms with E-state index in [1.807, 2.05) is 4.90 Å². The fourth-order valence-corrected chi connectivity index (χ4v) is 2.49. The van der Waals surface area contributed by atoms with Crippen LogP contribution in [0, 0.1) is 11.7 Å². The van der Waals surface area contributed by atoms with Crippen molar-refractivity contribution < 1.29 is 9.18 Å². The highest BCUT2D eigenvalue weighted by Gasteiger charge is 2.22. The van der Waals surface area contributed by atoms with Crippen molar-refractivity contribution >= 4 is 24.4 Å². The Morgan fingerprint density at radius 1 is 1.33 bits per heavy atom. The highest BCUT2D eigenvalue weighted by molar-refractivity contribution is 5.97. The molecule has 0 spiro atoms. The molecule has 1 heterocycles. The van der Waals surface area contributed by atoms with E-state index in [0.717, 1.165) is 31.5 Å². The van der Waals surface area contributed by atoms with Crippen molar-refractivity contribution in [3.8, 4) is 0 Å². The van der Waals surface area contributed by atoms with Crippen LogP contribution in [0.5, 0.6) is 0 Å². The van der Waals surface area contributed by atoms with Crippen LogP contribution in [0.3, 0.4) is 0 Å². The maximum Gasteiger partial charge on any atom is 0.249 e. The van der Waals surface area contributed by atoms with E-state index < -0.39 is 0 Å². The van der Waals surface area contributed by atoms with Crippen LogP contribution in [0.2, 0.25) is 0 Å². The van der Waals surface area contributed by atoms with Gasteiger partial charge in [0.25, 0.3) is 0 Å². The van der Waals surface area contributed by atoms with Gasteiger partial charge in [-0.25, -0.2) is 4.39 Å². The zero-order valence-electron chi connectivity index (χ0n) is 12.2. The molecule has 2 rings (SSSR count). The molecule has 21 heavy (non-hydrogen) atoms. The quantitative estimate of drug-likeness (QED) is 0.872. The standard InChI is InChI=1S/C16H21FN2O.ClH/c1-12(10-13-2-4-15(17)5-3-13)16(20)19-8-6-14(11-18)7-9-19;/h2-5,10,14H,6-9,11,18H2,1H3;1H. The molecule has 1 aliphatic rings. The number of carbonyl (C=O) groups is 1. The summed E-state index contributed by atoms with van der Waals surface area (Å²) in [4.78, 5) is 14.2. The molecule has 5 heteroatoms. The molecule has 0 radical (unpaired) electrons. The zero-order chi connectivity index (χ0) is 14.5. The first kappa shape index (κ1) is 17.7. The number of likely N-dealkylation sites (tertiary alicyclic amines) is 1. The molecule has 1 fully saturated rings. The molecule has 0 unspecified atom stereocenters. The fourth-order valence-electron chi connectivity index (χ4n) is 2.49. The van der Waals surface area contributed by atoms with E-state index in [9.17, 15) is 9.18 Å². The Bertz CT molecular complexity index is 494. The molecule has 1 saturated heterocycles. The molecule has 1 aromatic rings. The maximum absolute atomic E-state index is 12.8. The summed E-state index contributed by atoms with van der Waals surface area (Å²) < 4.78 is 12.8. The number of hydrogen-bond donors (Lipinski definition) is 1. The van der Waals surface area contributed by atoms with Gasteiger partial charge in [0.1, 0.15) is 5.82 Å². The third kappa shape index (κ3) is 4.83. The summed E-state index contributed by atoms with van der Waals surface area (Å²) >= 11 is 0. The summed E-state index contributed by atoms with van der Waals surface area (Å²) in [5.74, 6) is 0.334. The highest BCUT2D eigenvalue weighted by atomic mass is 35.5. The molecule has 1 amide bonds. The number of piperidine rings is 1. The SMILES string of the molecule is CC(=Cc1ccc(F)cc1)C(=O)N1CCC(CN)CC1.Cl. The molecule has 3 nitrogen and oxygen atoms in total. The van der Waals surface area contributed by atoms with Crippen LogP contribution in [-0.4, -0.2) is 30.4 Å². The molecule has 0 aromatic heterocycles. The number of carbonyl (C=O) groups excluding carboxylic acids is 1. The van der Waals surface area contributed by atoms with Crippen molar-refractivity contribution in [2.75, 3.05) is 19.6 Å². The van der Waals surface area contributed by atoms with Gasteiger partial charge in [0.05, 0.1) is 0 Å². The Morgan fingerprint density at radius 2 is 1.90 bits per heavy atom. The van der Waals surface area contributed by atoms with Crippen LogP contribution in [0.15, 0.2) is 29.8 Å². The molecule has 1 aliphatic heterocycles. The second-order valence-corrected chi connectivity index (χ2v) is 5.35. The Morgan fingerprint density at radius 3 is 2.43 bits per heavy atom. The lowest BCUT2D eigenvalue weighted by Gasteiger charge is -2.31. The third-order valence-electron chi connectivity index (χ3n) is 3.83. The first-order valence-electron chi connectivity index (χ1n) is 7.03. The minimum atomic E-state index is -0.269. The van der Waals surface area contributed by atoms with Crippen LogP contribution < -0.4 is 5.73 Å². The van der Waals surface area contributed by atoms with E-state index >= 15 is 0 Å². The summed E-state index contributed by atoms with van der Waals surface area (Å²) in [5.41, 5.74) is 7.18. The second-order valence-electron chi connectivity index (χ2n) is 5.35. The number of benzene rings is 1. The van der Waals surface area contributed by atoms with E-state index in [1.165, 1.54) is 12.1 Å². The van der Waals surface area contributed by atoms with Gasteiger partial charge in [-0.1, -0.05) is 12.1 Å². The molecule has 0 bridgehead atoms. The zero-order valence-corrected chi connectivity index (χ0v) is 13.0. The summed E-state index contributed by atoms with van der Waals surface area (Å²) in [6.07, 6.45) is 3.76. The molecule has 0 aliphatic carbocycles. The van der Waals surface area contributed by atoms with Crippen LogP contribution >= 0.6 is 12.4 Å². The Labute approximate surface area is 131 Å². The van der Waals surface area contributed by atoms with Crippen LogP contribution in [0.4, 0.5) is 4.39 Å². The maximum atomic E-state index is 12.8. The first-order chi connectivity index (χ1) is 9.60. The number of hydrogen-bond acceptors (Lipinski definition) is 2. The third-order valence-corrected chi connectivity index (χ3v) is 3.83. The van der Waals surface area contributed by atoms with Gasteiger partial charge in [-0.05, 0) is 56.0 Å². The molecular weight excluding hydrogens is 291 g/mol. The average molecular weight is 313 g/mol. The van der Waals surface area contributed by atoms with Crippen molar-refractivity contribution in [2.24, 2.45) is 11.7 Å². The molecule has 0 saturated carbocycles. The lowest BCUT2D eigenvalue weighted by molar-refractivity contribution is -0.128. The van der Waals surface area contributed by atoms with Gasteiger partial charge in [-0.15, -0.1) is 12.4 Å². The smallest absolute Gasteiger partial charge is 0.249 e. The van der Waals surface area contributed by atoms with E-state index in [1.54, 1.807) is 25.1 Å². The van der Waals surface area contributed by atoms with Crippen LogP contribution in [0.1, 0.15) is 25.3 Å². The normalized spacial score (nSPS) is 16.5. The van der Waals surface area contributed by atoms with Crippen molar-refractivity contribution in [1.29, 1.82) is 0 Å². The van der Waals surface area contributed by atoms with E-state index in [2.05, 4.69) is 0 Å². The topological polar surface area (TPSA) is 46.3 Å². The van der Waals surface area contributed by atoms with Crippen molar-refractivity contribution in [1.82, 2.24) is 4.90 Å². The van der Waals surface area contributed by atoms with Crippen molar-refractivity contribution in [3.63, 3.8) is 0 Å². The average Bonchev–Trinajstić information content (AvgIpc) is 2.49. The molecule has 116 valence electrons. The van der Waals surface area contributed by atoms with E-state index in [-0.39, 0.29) is 24.1 Å². The number of rotatable bonds is 3. The summed E-state index contributed by atoms with van der Waals surface area (Å²) in [6.45, 7) is 4.05. The second kappa shape index (κ2) is 8.15. The lowest BCUT2D eigenvalue weighted by Crippen LogP contribution is -2.40. The summed E-state index contributed by atoms with van der Waals surface area (Å²) in [7, 11) is 0. The predicted octanol–water partition coefficient (Wildman–Crippen LogP) is 2.85. The van der Waals surface area contributed by atoms with Crippen molar-refractivity contribution in [2.45, 2.75) is 19.8 Å². The summed E-state index contributed by atoms with van der Waals surface area (Å²) in [6, 6.07) is 6.15. The molecule has 0 atom stereocenters. The fraction of sp³-hybridized carbons (Fsp3) is 0.438. The minimum Gasteiger partial charge on any atom is -0.339 e. The Balaban J connectivity index is 0.00000220. The minimum absolute atomic E-state index is 0. The van der Waals surface area contributed by atoms with Gasteiger partial charge in [0.15, 0.2) is 0 Å². The highest BCUT2D eigenvalue weighted by Crippen LogP contribution is 2.18. The number of amides is 1. The summed E-state index contributed by atoms with van der Waals surface area (Å²) in [5, 5.41) is 0. The molecular formula is C16H22ClFN2O. The largest absolute Gasteiger partial charge is 0.339 e. The van der Waals surface area contributed by atoms with Gasteiger partial charge < -0.3 is 10.6 Å². The monoisotopic (exact) mass is 312 g/mol. The Kier molecular flexibility index (Phi) is 6.85. The first-order valence-corrected chi connectivity index (χ1v) is 7.03. The molecule has 2 N–H and O–H groups in total. The number of halogens is 2. The van der Waals surface area contributed by atoms with Crippen molar-refractivity contribution in [3.05, 3.63) is 41.2 Å². The van der Waals surface area contributed by atoms with Crippen LogP contribution in [-0.2, 0) is 4.79 Å². The van der Waals surface area contributed by atoms with E-state index in [4.69, 9.17) is 5.73 Å². The van der Waals surface area contributed by atoms with Gasteiger partial charge in [-0.2, -0.15) is 0 Å². The van der Waals surface area contributed by atoms with E-state index in [0.29, 0.717) is 18.0 Å². The van der Waals surface area contributed by atoms with Gasteiger partial charge in [0, 0.05) is 18.7 Å². The van der Waals surface area contributed by atoms with Gasteiger partial charge in [-0.3, -0.25) is 4.79 Å². The lowest BCUT2D eigenvalue weighted by atomic mass is 9.96. The van der Waals surface area contributed by atoms with Gasteiger partial charge >= 0.3 is 0 Å².